The van der Waals surface area contributed by atoms with Crippen molar-refractivity contribution in [3.63, 3.8) is 0 Å². The lowest BCUT2D eigenvalue weighted by Crippen LogP contribution is -2.35. The van der Waals surface area contributed by atoms with Crippen LogP contribution in [0.1, 0.15) is 67.3 Å². The van der Waals surface area contributed by atoms with Gasteiger partial charge < -0.3 is 9.64 Å². The van der Waals surface area contributed by atoms with Crippen molar-refractivity contribution in [1.82, 2.24) is 4.90 Å². The summed E-state index contributed by atoms with van der Waals surface area (Å²) in [6.07, 6.45) is 7.23. The van der Waals surface area contributed by atoms with Gasteiger partial charge in [0.05, 0.1) is 12.5 Å². The Labute approximate surface area is 169 Å². The first-order valence-electron chi connectivity index (χ1n) is 10.8. The van der Waals surface area contributed by atoms with Crippen LogP contribution < -0.4 is 4.74 Å². The molecule has 0 radical (unpaired) electrons. The van der Waals surface area contributed by atoms with E-state index in [0.717, 1.165) is 49.5 Å². The molecular formula is C25H33NO2. The van der Waals surface area contributed by atoms with E-state index < -0.39 is 0 Å². The molecule has 1 aliphatic heterocycles. The zero-order chi connectivity index (χ0) is 19.6. The lowest BCUT2D eigenvalue weighted by Gasteiger charge is -2.30. The highest BCUT2D eigenvalue weighted by Crippen LogP contribution is 2.25. The smallest absolute Gasteiger partial charge is 0.171 e. The Hall–Kier alpha value is -2.13. The quantitative estimate of drug-likeness (QED) is 0.391. The van der Waals surface area contributed by atoms with Crippen LogP contribution >= 0.6 is 0 Å². The molecule has 0 saturated carbocycles. The van der Waals surface area contributed by atoms with E-state index in [1.54, 1.807) is 0 Å². The summed E-state index contributed by atoms with van der Waals surface area (Å²) in [5.74, 6) is 0.935. The first-order valence-corrected chi connectivity index (χ1v) is 10.8. The Morgan fingerprint density at radius 2 is 1.68 bits per heavy atom. The number of piperidine rings is 1. The molecule has 1 aliphatic rings. The van der Waals surface area contributed by atoms with Crippen LogP contribution in [-0.4, -0.2) is 36.9 Å². The maximum Gasteiger partial charge on any atom is 0.171 e. The number of benzene rings is 2. The largest absolute Gasteiger partial charge is 0.494 e. The molecule has 2 aromatic carbocycles. The second kappa shape index (κ2) is 11.0. The zero-order valence-corrected chi connectivity index (χ0v) is 17.1. The number of carbonyl (C=O) groups excluding carboxylic acids is 1. The monoisotopic (exact) mass is 379 g/mol. The molecule has 3 nitrogen and oxygen atoms in total. The molecule has 1 saturated heterocycles. The van der Waals surface area contributed by atoms with E-state index in [0.29, 0.717) is 0 Å². The van der Waals surface area contributed by atoms with E-state index >= 15 is 0 Å². The lowest BCUT2D eigenvalue weighted by molar-refractivity contribution is 0.0925. The molecule has 0 aliphatic carbocycles. The van der Waals surface area contributed by atoms with Gasteiger partial charge in [-0.05, 0) is 62.2 Å². The highest BCUT2D eigenvalue weighted by Gasteiger charge is 2.25. The third-order valence-corrected chi connectivity index (χ3v) is 5.56. The van der Waals surface area contributed by atoms with Gasteiger partial charge in [-0.2, -0.15) is 0 Å². The first kappa shape index (κ1) is 20.6. The van der Waals surface area contributed by atoms with Crippen molar-refractivity contribution in [2.24, 2.45) is 0 Å². The molecule has 0 aromatic heterocycles. The molecule has 0 unspecified atom stereocenters. The van der Waals surface area contributed by atoms with Gasteiger partial charge in [0.1, 0.15) is 5.75 Å². The Bertz CT molecular complexity index is 705. The van der Waals surface area contributed by atoms with Crippen molar-refractivity contribution in [1.29, 1.82) is 0 Å². The molecule has 0 bridgehead atoms. The van der Waals surface area contributed by atoms with Crippen LogP contribution in [0.5, 0.6) is 5.75 Å². The van der Waals surface area contributed by atoms with E-state index in [9.17, 15) is 4.79 Å². The van der Waals surface area contributed by atoms with Crippen molar-refractivity contribution in [3.05, 3.63) is 65.7 Å². The minimum atomic E-state index is -0.115. The van der Waals surface area contributed by atoms with E-state index in [2.05, 4.69) is 24.0 Å². The predicted molar refractivity (Wildman–Crippen MR) is 115 cm³/mol. The summed E-state index contributed by atoms with van der Waals surface area (Å²) < 4.78 is 5.79. The van der Waals surface area contributed by atoms with E-state index in [-0.39, 0.29) is 11.7 Å². The van der Waals surface area contributed by atoms with E-state index in [1.165, 1.54) is 32.1 Å². The third-order valence-electron chi connectivity index (χ3n) is 5.56. The Morgan fingerprint density at radius 1 is 0.964 bits per heavy atom. The number of Topliss-reactive ketones (excluding diaryl/α,β-unsaturated/α-hetero) is 1. The number of unbranched alkanes of at least 4 members (excludes halogenated alkanes) is 2. The standard InChI is InChI=1S/C25H33NO2/c1-2-3-10-19-28-23-15-13-22(14-16-23)25(27)24(21-11-6-4-7-12-21)20-26-17-8-5-9-18-26/h4,6-7,11-16,24H,2-3,5,8-10,17-20H2,1H3/t24-/m0/s1. The number of hydrogen-bond acceptors (Lipinski definition) is 3. The maximum absolute atomic E-state index is 13.4. The fraction of sp³-hybridized carbons (Fsp3) is 0.480. The minimum Gasteiger partial charge on any atom is -0.494 e. The Kier molecular flexibility index (Phi) is 8.10. The van der Waals surface area contributed by atoms with Crippen LogP contribution in [0.15, 0.2) is 54.6 Å². The van der Waals surface area contributed by atoms with Gasteiger partial charge in [-0.3, -0.25) is 4.79 Å². The number of hydrogen-bond donors (Lipinski definition) is 0. The van der Waals surface area contributed by atoms with Crippen LogP contribution in [0, 0.1) is 0 Å². The number of ketones is 1. The van der Waals surface area contributed by atoms with Crippen LogP contribution in [-0.2, 0) is 0 Å². The summed E-state index contributed by atoms with van der Waals surface area (Å²) in [6, 6.07) is 17.9. The van der Waals surface area contributed by atoms with Gasteiger partial charge in [-0.25, -0.2) is 0 Å². The average molecular weight is 380 g/mol. The first-order chi connectivity index (χ1) is 13.8. The zero-order valence-electron chi connectivity index (χ0n) is 17.1. The fourth-order valence-electron chi connectivity index (χ4n) is 3.88. The molecule has 2 aromatic rings. The molecule has 3 rings (SSSR count). The highest BCUT2D eigenvalue weighted by molar-refractivity contribution is 6.01. The van der Waals surface area contributed by atoms with Gasteiger partial charge >= 0.3 is 0 Å². The van der Waals surface area contributed by atoms with Gasteiger partial charge in [0.25, 0.3) is 0 Å². The van der Waals surface area contributed by atoms with Gasteiger partial charge in [0, 0.05) is 12.1 Å². The van der Waals surface area contributed by atoms with E-state index in [4.69, 9.17) is 4.74 Å². The molecule has 150 valence electrons. The molecule has 1 heterocycles. The van der Waals surface area contributed by atoms with Crippen molar-refractivity contribution in [3.8, 4) is 5.75 Å². The summed E-state index contributed by atoms with van der Waals surface area (Å²) in [5, 5.41) is 0. The molecular weight excluding hydrogens is 346 g/mol. The number of ether oxygens (including phenoxy) is 1. The second-order valence-electron chi connectivity index (χ2n) is 7.77. The summed E-state index contributed by atoms with van der Waals surface area (Å²) in [4.78, 5) is 15.8. The number of rotatable bonds is 10. The molecule has 3 heteroatoms. The number of nitrogens with zero attached hydrogens (tertiary/aromatic N) is 1. The van der Waals surface area contributed by atoms with Crippen molar-refractivity contribution in [2.45, 2.75) is 51.4 Å². The van der Waals surface area contributed by atoms with E-state index in [1.807, 2.05) is 42.5 Å². The SMILES string of the molecule is CCCCCOc1ccc(C(=O)[C@@H](CN2CCCCC2)c2ccccc2)cc1. The van der Waals surface area contributed by atoms with Crippen molar-refractivity contribution in [2.75, 3.05) is 26.2 Å². The molecule has 1 fully saturated rings. The average Bonchev–Trinajstić information content (AvgIpc) is 2.76. The molecule has 28 heavy (non-hydrogen) atoms. The molecule has 1 atom stereocenters. The second-order valence-corrected chi connectivity index (χ2v) is 7.77. The van der Waals surface area contributed by atoms with Crippen molar-refractivity contribution >= 4 is 5.78 Å². The van der Waals surface area contributed by atoms with Gasteiger partial charge in [-0.15, -0.1) is 0 Å². The summed E-state index contributed by atoms with van der Waals surface area (Å²) in [7, 11) is 0. The maximum atomic E-state index is 13.4. The molecule has 0 spiro atoms. The summed E-state index contributed by atoms with van der Waals surface area (Å²) >= 11 is 0. The van der Waals surface area contributed by atoms with Crippen LogP contribution in [0.4, 0.5) is 0 Å². The molecule has 0 amide bonds. The summed E-state index contributed by atoms with van der Waals surface area (Å²) in [6.45, 7) is 5.93. The Morgan fingerprint density at radius 3 is 2.36 bits per heavy atom. The minimum absolute atomic E-state index is 0.115. The van der Waals surface area contributed by atoms with Crippen LogP contribution in [0.2, 0.25) is 0 Å². The van der Waals surface area contributed by atoms with Gasteiger partial charge in [0.2, 0.25) is 0 Å². The third kappa shape index (κ3) is 5.93. The van der Waals surface area contributed by atoms with Crippen molar-refractivity contribution < 1.29 is 9.53 Å². The fourth-order valence-corrected chi connectivity index (χ4v) is 3.88. The van der Waals surface area contributed by atoms with Crippen LogP contribution in [0.3, 0.4) is 0 Å². The lowest BCUT2D eigenvalue weighted by atomic mass is 9.89. The number of likely N-dealkylation sites (tertiary alicyclic amines) is 1. The normalized spacial score (nSPS) is 15.9. The molecule has 0 N–H and O–H groups in total. The number of carbonyl (C=O) groups is 1. The Balaban J connectivity index is 1.69. The van der Waals surface area contributed by atoms with Crippen LogP contribution in [0.25, 0.3) is 0 Å². The van der Waals surface area contributed by atoms with Gasteiger partial charge in [0.15, 0.2) is 5.78 Å². The predicted octanol–water partition coefficient (Wildman–Crippen LogP) is 5.71. The topological polar surface area (TPSA) is 29.5 Å². The summed E-state index contributed by atoms with van der Waals surface area (Å²) in [5.41, 5.74) is 1.88. The van der Waals surface area contributed by atoms with Gasteiger partial charge in [-0.1, -0.05) is 56.5 Å². The highest BCUT2D eigenvalue weighted by atomic mass is 16.5.